The standard InChI is InChI=1S/C13H24N4O2/c1-4-13(5-2,18-3)12-15-11(19-16-12)10-17-8-6-14-7-9-17/h14H,4-10H2,1-3H3. The molecule has 108 valence electrons. The molecular weight excluding hydrogens is 244 g/mol. The van der Waals surface area contributed by atoms with Gasteiger partial charge in [-0.2, -0.15) is 4.98 Å². The van der Waals surface area contributed by atoms with Gasteiger partial charge in [0.2, 0.25) is 11.7 Å². The SMILES string of the molecule is CCC(CC)(OC)c1noc(CN2CCNCC2)n1. The summed E-state index contributed by atoms with van der Waals surface area (Å²) >= 11 is 0. The third kappa shape index (κ3) is 3.13. The van der Waals surface area contributed by atoms with Gasteiger partial charge in [-0.1, -0.05) is 19.0 Å². The van der Waals surface area contributed by atoms with E-state index < -0.39 is 5.60 Å². The molecule has 0 bridgehead atoms. The average Bonchev–Trinajstić information content (AvgIpc) is 2.92. The summed E-state index contributed by atoms with van der Waals surface area (Å²) < 4.78 is 11.0. The van der Waals surface area contributed by atoms with Crippen molar-refractivity contribution in [3.63, 3.8) is 0 Å². The van der Waals surface area contributed by atoms with Crippen LogP contribution in [0.2, 0.25) is 0 Å². The highest BCUT2D eigenvalue weighted by atomic mass is 16.5. The quantitative estimate of drug-likeness (QED) is 0.834. The third-order valence-electron chi connectivity index (χ3n) is 3.98. The zero-order chi connectivity index (χ0) is 13.7. The summed E-state index contributed by atoms with van der Waals surface area (Å²) in [5.41, 5.74) is -0.412. The van der Waals surface area contributed by atoms with Gasteiger partial charge in [-0.3, -0.25) is 4.90 Å². The fourth-order valence-electron chi connectivity index (χ4n) is 2.51. The van der Waals surface area contributed by atoms with Gasteiger partial charge in [-0.15, -0.1) is 0 Å². The Morgan fingerprint density at radius 1 is 1.32 bits per heavy atom. The molecule has 1 N–H and O–H groups in total. The van der Waals surface area contributed by atoms with Crippen molar-refractivity contribution in [3.8, 4) is 0 Å². The van der Waals surface area contributed by atoms with Crippen molar-refractivity contribution in [2.45, 2.75) is 38.8 Å². The van der Waals surface area contributed by atoms with E-state index in [-0.39, 0.29) is 0 Å². The van der Waals surface area contributed by atoms with Gasteiger partial charge in [0.15, 0.2) is 0 Å². The zero-order valence-electron chi connectivity index (χ0n) is 12.1. The molecule has 2 rings (SSSR count). The zero-order valence-corrected chi connectivity index (χ0v) is 12.1. The average molecular weight is 268 g/mol. The number of ether oxygens (including phenoxy) is 1. The van der Waals surface area contributed by atoms with Crippen molar-refractivity contribution in [2.75, 3.05) is 33.3 Å². The lowest BCUT2D eigenvalue weighted by Gasteiger charge is -2.26. The lowest BCUT2D eigenvalue weighted by Crippen LogP contribution is -2.42. The minimum Gasteiger partial charge on any atom is -0.370 e. The molecule has 19 heavy (non-hydrogen) atoms. The first-order valence-electron chi connectivity index (χ1n) is 7.05. The molecule has 1 aliphatic heterocycles. The highest BCUT2D eigenvalue weighted by molar-refractivity contribution is 5.01. The van der Waals surface area contributed by atoms with Gasteiger partial charge in [-0.05, 0) is 12.8 Å². The molecule has 1 aliphatic rings. The molecule has 2 heterocycles. The van der Waals surface area contributed by atoms with Gasteiger partial charge in [0.25, 0.3) is 0 Å². The Balaban J connectivity index is 2.05. The van der Waals surface area contributed by atoms with Crippen molar-refractivity contribution in [2.24, 2.45) is 0 Å². The van der Waals surface area contributed by atoms with Crippen LogP contribution < -0.4 is 5.32 Å². The van der Waals surface area contributed by atoms with Crippen molar-refractivity contribution in [3.05, 3.63) is 11.7 Å². The predicted octanol–water partition coefficient (Wildman–Crippen LogP) is 1.14. The minimum atomic E-state index is -0.412. The van der Waals surface area contributed by atoms with Crippen molar-refractivity contribution >= 4 is 0 Å². The molecule has 0 saturated carbocycles. The van der Waals surface area contributed by atoms with E-state index in [9.17, 15) is 0 Å². The van der Waals surface area contributed by atoms with Crippen LogP contribution in [0.4, 0.5) is 0 Å². The van der Waals surface area contributed by atoms with Crippen LogP contribution in [-0.4, -0.2) is 48.3 Å². The Morgan fingerprint density at radius 3 is 2.58 bits per heavy atom. The Bertz CT molecular complexity index is 375. The van der Waals surface area contributed by atoms with Crippen LogP contribution in [0.25, 0.3) is 0 Å². The number of hydrogen-bond acceptors (Lipinski definition) is 6. The molecule has 0 atom stereocenters. The molecule has 1 aromatic heterocycles. The van der Waals surface area contributed by atoms with E-state index in [0.29, 0.717) is 11.7 Å². The fourth-order valence-corrected chi connectivity index (χ4v) is 2.51. The second-order valence-electron chi connectivity index (χ2n) is 4.94. The minimum absolute atomic E-state index is 0.412. The summed E-state index contributed by atoms with van der Waals surface area (Å²) in [7, 11) is 1.71. The van der Waals surface area contributed by atoms with Crippen LogP contribution in [0.15, 0.2) is 4.52 Å². The first-order chi connectivity index (χ1) is 9.24. The van der Waals surface area contributed by atoms with E-state index in [2.05, 4.69) is 34.2 Å². The maximum absolute atomic E-state index is 5.62. The maximum atomic E-state index is 5.62. The van der Waals surface area contributed by atoms with Gasteiger partial charge in [0, 0.05) is 33.3 Å². The van der Waals surface area contributed by atoms with Gasteiger partial charge >= 0.3 is 0 Å². The van der Waals surface area contributed by atoms with Crippen LogP contribution in [0.1, 0.15) is 38.4 Å². The number of aromatic nitrogens is 2. The maximum Gasteiger partial charge on any atom is 0.240 e. The number of methoxy groups -OCH3 is 1. The van der Waals surface area contributed by atoms with Crippen LogP contribution in [0.5, 0.6) is 0 Å². The fraction of sp³-hybridized carbons (Fsp3) is 0.846. The van der Waals surface area contributed by atoms with Crippen LogP contribution in [-0.2, 0) is 16.9 Å². The summed E-state index contributed by atoms with van der Waals surface area (Å²) in [5, 5.41) is 7.44. The van der Waals surface area contributed by atoms with E-state index in [1.54, 1.807) is 7.11 Å². The van der Waals surface area contributed by atoms with Gasteiger partial charge in [0.1, 0.15) is 5.60 Å². The second-order valence-corrected chi connectivity index (χ2v) is 4.94. The molecule has 0 radical (unpaired) electrons. The van der Waals surface area contributed by atoms with E-state index in [1.807, 2.05) is 0 Å². The van der Waals surface area contributed by atoms with E-state index in [4.69, 9.17) is 9.26 Å². The Kier molecular flexibility index (Phi) is 4.90. The molecule has 6 nitrogen and oxygen atoms in total. The molecule has 0 aromatic carbocycles. The first-order valence-corrected chi connectivity index (χ1v) is 7.05. The molecule has 0 aliphatic carbocycles. The Hall–Kier alpha value is -0.980. The van der Waals surface area contributed by atoms with Crippen molar-refractivity contribution in [1.29, 1.82) is 0 Å². The van der Waals surface area contributed by atoms with E-state index >= 15 is 0 Å². The van der Waals surface area contributed by atoms with Crippen LogP contribution in [0, 0.1) is 0 Å². The number of nitrogens with one attached hydrogen (secondary N) is 1. The van der Waals surface area contributed by atoms with Crippen molar-refractivity contribution < 1.29 is 9.26 Å². The molecule has 0 unspecified atom stereocenters. The molecular formula is C13H24N4O2. The molecule has 0 amide bonds. The largest absolute Gasteiger partial charge is 0.370 e. The lowest BCUT2D eigenvalue weighted by molar-refractivity contribution is -0.0306. The van der Waals surface area contributed by atoms with Crippen molar-refractivity contribution in [1.82, 2.24) is 20.4 Å². The molecule has 6 heteroatoms. The summed E-state index contributed by atoms with van der Waals surface area (Å²) in [6.07, 6.45) is 1.68. The monoisotopic (exact) mass is 268 g/mol. The van der Waals surface area contributed by atoms with E-state index in [1.165, 1.54) is 0 Å². The lowest BCUT2D eigenvalue weighted by atomic mass is 9.96. The smallest absolute Gasteiger partial charge is 0.240 e. The predicted molar refractivity (Wildman–Crippen MR) is 71.7 cm³/mol. The highest BCUT2D eigenvalue weighted by Gasteiger charge is 2.33. The van der Waals surface area contributed by atoms with Crippen LogP contribution >= 0.6 is 0 Å². The Morgan fingerprint density at radius 2 is 2.00 bits per heavy atom. The molecule has 0 spiro atoms. The van der Waals surface area contributed by atoms with Gasteiger partial charge < -0.3 is 14.6 Å². The molecule has 1 aromatic rings. The van der Waals surface area contributed by atoms with E-state index in [0.717, 1.165) is 45.6 Å². The summed E-state index contributed by atoms with van der Waals surface area (Å²) in [4.78, 5) is 6.84. The Labute approximate surface area is 114 Å². The number of hydrogen-bond donors (Lipinski definition) is 1. The van der Waals surface area contributed by atoms with Crippen LogP contribution in [0.3, 0.4) is 0 Å². The first kappa shape index (κ1) is 14.4. The number of rotatable bonds is 6. The summed E-state index contributed by atoms with van der Waals surface area (Å²) in [6.45, 7) is 8.98. The second kappa shape index (κ2) is 6.45. The summed E-state index contributed by atoms with van der Waals surface area (Å²) in [6, 6.07) is 0. The third-order valence-corrected chi connectivity index (χ3v) is 3.98. The summed E-state index contributed by atoms with van der Waals surface area (Å²) in [5.74, 6) is 1.35. The van der Waals surface area contributed by atoms with Gasteiger partial charge in [-0.25, -0.2) is 0 Å². The van der Waals surface area contributed by atoms with Gasteiger partial charge in [0.05, 0.1) is 6.54 Å². The molecule has 1 saturated heterocycles. The topological polar surface area (TPSA) is 63.4 Å². The molecule has 1 fully saturated rings. The highest BCUT2D eigenvalue weighted by Crippen LogP contribution is 2.30. The normalized spacial score (nSPS) is 17.8. The number of nitrogens with zero attached hydrogens (tertiary/aromatic N) is 3. The number of piperazine rings is 1.